The van der Waals surface area contributed by atoms with Crippen molar-refractivity contribution >= 4 is 11.9 Å². The van der Waals surface area contributed by atoms with E-state index in [0.717, 1.165) is 18.4 Å². The maximum atomic E-state index is 12.1. The molecule has 144 valence electrons. The number of piperidine rings is 1. The lowest BCUT2D eigenvalue weighted by molar-refractivity contribution is -0.205. The van der Waals surface area contributed by atoms with Gasteiger partial charge in [-0.25, -0.2) is 0 Å². The third-order valence-corrected chi connectivity index (χ3v) is 4.56. The van der Waals surface area contributed by atoms with Crippen molar-refractivity contribution in [2.75, 3.05) is 13.1 Å². The van der Waals surface area contributed by atoms with Crippen molar-refractivity contribution in [3.05, 3.63) is 35.9 Å². The van der Waals surface area contributed by atoms with Crippen LogP contribution in [0.5, 0.6) is 0 Å². The molecule has 1 aromatic rings. The largest absolute Gasteiger partial charge is 0.462 e. The molecule has 0 aliphatic carbocycles. The van der Waals surface area contributed by atoms with Gasteiger partial charge in [0.2, 0.25) is 0 Å². The number of hydroxylamine groups is 2. The van der Waals surface area contributed by atoms with Gasteiger partial charge in [0.1, 0.15) is 6.10 Å². The summed E-state index contributed by atoms with van der Waals surface area (Å²) in [6.07, 6.45) is 3.17. The second kappa shape index (κ2) is 10.3. The number of carbonyl (C=O) groups is 2. The average Bonchev–Trinajstić information content (AvgIpc) is 2.61. The second-order valence-corrected chi connectivity index (χ2v) is 7.39. The number of benzene rings is 1. The van der Waals surface area contributed by atoms with Gasteiger partial charge in [-0.2, -0.15) is 0 Å². The van der Waals surface area contributed by atoms with Crippen LogP contribution in [0, 0.1) is 5.92 Å². The molecular weight excluding hydrogens is 330 g/mol. The zero-order valence-electron chi connectivity index (χ0n) is 16.1. The first-order valence-corrected chi connectivity index (χ1v) is 9.69. The van der Waals surface area contributed by atoms with E-state index < -0.39 is 0 Å². The molecule has 2 rings (SSSR count). The Labute approximate surface area is 156 Å². The highest BCUT2D eigenvalue weighted by Crippen LogP contribution is 2.30. The highest BCUT2D eigenvalue weighted by atomic mass is 16.7. The van der Waals surface area contributed by atoms with Gasteiger partial charge in [-0.15, -0.1) is 5.06 Å². The van der Waals surface area contributed by atoms with Crippen LogP contribution in [-0.4, -0.2) is 36.2 Å². The number of carbonyl (C=O) groups excluding carboxylic acids is 2. The fraction of sp³-hybridized carbons (Fsp3) is 0.619. The van der Waals surface area contributed by atoms with Crippen molar-refractivity contribution in [1.29, 1.82) is 0 Å². The molecular formula is C21H31NO4. The molecule has 26 heavy (non-hydrogen) atoms. The molecule has 0 amide bonds. The molecule has 0 saturated carbocycles. The first-order valence-electron chi connectivity index (χ1n) is 9.69. The number of rotatable bonds is 8. The Morgan fingerprint density at radius 1 is 1.19 bits per heavy atom. The lowest BCUT2D eigenvalue weighted by Gasteiger charge is -2.37. The minimum absolute atomic E-state index is 0.00220. The molecule has 0 aromatic heterocycles. The number of esters is 1. The maximum Gasteiger partial charge on any atom is 0.325 e. The lowest BCUT2D eigenvalue weighted by atomic mass is 9.88. The van der Waals surface area contributed by atoms with Crippen LogP contribution in [0.1, 0.15) is 64.4 Å². The summed E-state index contributed by atoms with van der Waals surface area (Å²) in [4.78, 5) is 29.6. The Kier molecular flexibility index (Phi) is 8.10. The average molecular weight is 361 g/mol. The zero-order valence-corrected chi connectivity index (χ0v) is 16.1. The monoisotopic (exact) mass is 361 g/mol. The van der Waals surface area contributed by atoms with Crippen LogP contribution in [-0.2, 0) is 19.2 Å². The van der Waals surface area contributed by atoms with Crippen LogP contribution in [0.3, 0.4) is 0 Å². The maximum absolute atomic E-state index is 12.1. The van der Waals surface area contributed by atoms with E-state index in [2.05, 4.69) is 6.92 Å². The van der Waals surface area contributed by atoms with Gasteiger partial charge in [-0.05, 0) is 17.9 Å². The van der Waals surface area contributed by atoms with E-state index in [1.165, 1.54) is 0 Å². The number of nitrogens with zero attached hydrogens (tertiary/aromatic N) is 1. The van der Waals surface area contributed by atoms with E-state index in [0.29, 0.717) is 32.4 Å². The predicted octanol–water partition coefficient (Wildman–Crippen LogP) is 4.08. The summed E-state index contributed by atoms with van der Waals surface area (Å²) in [5.41, 5.74) is 1.10. The van der Waals surface area contributed by atoms with Crippen LogP contribution in [0.4, 0.5) is 0 Å². The van der Waals surface area contributed by atoms with Crippen LogP contribution in [0.25, 0.3) is 0 Å². The molecule has 5 nitrogen and oxygen atoms in total. The minimum Gasteiger partial charge on any atom is -0.462 e. The Balaban J connectivity index is 2.03. The van der Waals surface area contributed by atoms with Gasteiger partial charge in [0.15, 0.2) is 0 Å². The highest BCUT2D eigenvalue weighted by molar-refractivity contribution is 5.70. The lowest BCUT2D eigenvalue weighted by Crippen LogP contribution is -2.44. The number of hydrogen-bond acceptors (Lipinski definition) is 5. The Bertz CT molecular complexity index is 573. The van der Waals surface area contributed by atoms with Gasteiger partial charge in [-0.1, -0.05) is 57.5 Å². The summed E-state index contributed by atoms with van der Waals surface area (Å²) in [6.45, 7) is 7.18. The Morgan fingerprint density at radius 3 is 2.58 bits per heavy atom. The summed E-state index contributed by atoms with van der Waals surface area (Å²) >= 11 is 0. The fourth-order valence-corrected chi connectivity index (χ4v) is 3.21. The topological polar surface area (TPSA) is 55.8 Å². The molecule has 0 bridgehead atoms. The van der Waals surface area contributed by atoms with Crippen molar-refractivity contribution in [2.45, 2.75) is 64.9 Å². The summed E-state index contributed by atoms with van der Waals surface area (Å²) in [5.74, 6) is -0.0694. The van der Waals surface area contributed by atoms with Crippen molar-refractivity contribution in [1.82, 2.24) is 5.06 Å². The first kappa shape index (κ1) is 20.4. The molecule has 1 aromatic carbocycles. The van der Waals surface area contributed by atoms with Gasteiger partial charge in [-0.3, -0.25) is 9.59 Å². The molecule has 5 heteroatoms. The Hall–Kier alpha value is -1.88. The molecule has 1 heterocycles. The summed E-state index contributed by atoms with van der Waals surface area (Å²) in [6, 6.07) is 10.0. The number of ether oxygens (including phenoxy) is 1. The van der Waals surface area contributed by atoms with Gasteiger partial charge in [0.25, 0.3) is 0 Å². The van der Waals surface area contributed by atoms with Crippen molar-refractivity contribution < 1.29 is 19.2 Å². The SMILES string of the molecule is CCCCC(=O)OC1CCN(OC(=O)CC(C)C)CC1c1ccccc1. The molecule has 1 saturated heterocycles. The van der Waals surface area contributed by atoms with Gasteiger partial charge in [0.05, 0.1) is 0 Å². The van der Waals surface area contributed by atoms with E-state index in [4.69, 9.17) is 9.57 Å². The first-order chi connectivity index (χ1) is 12.5. The normalized spacial score (nSPS) is 20.8. The summed E-state index contributed by atoms with van der Waals surface area (Å²) in [5, 5.41) is 1.72. The van der Waals surface area contributed by atoms with Crippen molar-refractivity contribution in [2.24, 2.45) is 5.92 Å². The minimum atomic E-state index is -0.204. The molecule has 2 unspecified atom stereocenters. The molecule has 1 aliphatic heterocycles. The third kappa shape index (κ3) is 6.45. The third-order valence-electron chi connectivity index (χ3n) is 4.56. The van der Waals surface area contributed by atoms with E-state index in [1.807, 2.05) is 44.2 Å². The van der Waals surface area contributed by atoms with Crippen molar-refractivity contribution in [3.8, 4) is 0 Å². The van der Waals surface area contributed by atoms with Crippen molar-refractivity contribution in [3.63, 3.8) is 0 Å². The smallest absolute Gasteiger partial charge is 0.325 e. The van der Waals surface area contributed by atoms with Crippen LogP contribution < -0.4 is 0 Å². The van der Waals surface area contributed by atoms with E-state index in [-0.39, 0.29) is 29.9 Å². The van der Waals surface area contributed by atoms with Crippen LogP contribution >= 0.6 is 0 Å². The molecule has 0 radical (unpaired) electrons. The standard InChI is InChI=1S/C21H31NO4/c1-4-5-11-20(23)25-19-12-13-22(26-21(24)14-16(2)3)15-18(19)17-9-7-6-8-10-17/h6-10,16,18-19H,4-5,11-15H2,1-3H3. The molecule has 1 fully saturated rings. The van der Waals surface area contributed by atoms with Crippen LogP contribution in [0.15, 0.2) is 30.3 Å². The van der Waals surface area contributed by atoms with Gasteiger partial charge < -0.3 is 9.57 Å². The van der Waals surface area contributed by atoms with E-state index >= 15 is 0 Å². The fourth-order valence-electron chi connectivity index (χ4n) is 3.21. The second-order valence-electron chi connectivity index (χ2n) is 7.39. The molecule has 0 spiro atoms. The summed E-state index contributed by atoms with van der Waals surface area (Å²) in [7, 11) is 0. The summed E-state index contributed by atoms with van der Waals surface area (Å²) < 4.78 is 5.77. The number of hydrogen-bond donors (Lipinski definition) is 0. The highest BCUT2D eigenvalue weighted by Gasteiger charge is 2.34. The Morgan fingerprint density at radius 2 is 1.92 bits per heavy atom. The van der Waals surface area contributed by atoms with E-state index in [9.17, 15) is 9.59 Å². The van der Waals surface area contributed by atoms with E-state index in [1.54, 1.807) is 5.06 Å². The zero-order chi connectivity index (χ0) is 18.9. The molecule has 2 atom stereocenters. The van der Waals surface area contributed by atoms with Gasteiger partial charge in [0, 0.05) is 38.3 Å². The quantitative estimate of drug-likeness (QED) is 0.653. The molecule has 1 aliphatic rings. The molecule has 0 N–H and O–H groups in total. The van der Waals surface area contributed by atoms with Gasteiger partial charge >= 0.3 is 11.9 Å². The van der Waals surface area contributed by atoms with Crippen LogP contribution in [0.2, 0.25) is 0 Å². The number of unbranched alkanes of at least 4 members (excludes halogenated alkanes) is 1. The predicted molar refractivity (Wildman–Crippen MR) is 100 cm³/mol.